The van der Waals surface area contributed by atoms with Gasteiger partial charge in [0, 0.05) is 36.5 Å². The largest absolute Gasteiger partial charge is 0.376 e. The van der Waals surface area contributed by atoms with Crippen molar-refractivity contribution >= 4 is 29.7 Å². The minimum absolute atomic E-state index is 0. The SMILES string of the molecule is CC1CN(C(CNC(=O)[C@H]2CCN[C@@H](C)C2)c2cccs2)CCO1.Cl. The summed E-state index contributed by atoms with van der Waals surface area (Å²) in [4.78, 5) is 16.4. The lowest BCUT2D eigenvalue weighted by atomic mass is 9.92. The fourth-order valence-corrected chi connectivity index (χ4v) is 4.59. The van der Waals surface area contributed by atoms with Crippen molar-refractivity contribution in [3.63, 3.8) is 0 Å². The lowest BCUT2D eigenvalue weighted by Gasteiger charge is -2.37. The van der Waals surface area contributed by atoms with Crippen molar-refractivity contribution in [1.29, 1.82) is 0 Å². The van der Waals surface area contributed by atoms with Crippen molar-refractivity contribution in [2.24, 2.45) is 5.92 Å². The summed E-state index contributed by atoms with van der Waals surface area (Å²) in [6, 6.07) is 4.95. The summed E-state index contributed by atoms with van der Waals surface area (Å²) in [5.74, 6) is 0.361. The molecule has 1 aromatic rings. The van der Waals surface area contributed by atoms with Crippen molar-refractivity contribution in [3.05, 3.63) is 22.4 Å². The molecule has 1 amide bonds. The van der Waals surface area contributed by atoms with Crippen molar-refractivity contribution in [1.82, 2.24) is 15.5 Å². The Bertz CT molecular complexity index is 528. The third-order valence-electron chi connectivity index (χ3n) is 5.05. The highest BCUT2D eigenvalue weighted by atomic mass is 35.5. The second-order valence-corrected chi connectivity index (χ2v) is 8.01. The number of halogens is 1. The number of morpholine rings is 1. The van der Waals surface area contributed by atoms with Gasteiger partial charge in [0.1, 0.15) is 0 Å². The zero-order chi connectivity index (χ0) is 16.9. The molecule has 0 aliphatic carbocycles. The van der Waals surface area contributed by atoms with E-state index in [4.69, 9.17) is 4.74 Å². The minimum atomic E-state index is 0. The summed E-state index contributed by atoms with van der Waals surface area (Å²) in [6.45, 7) is 8.51. The number of amides is 1. The van der Waals surface area contributed by atoms with E-state index >= 15 is 0 Å². The second kappa shape index (κ2) is 9.88. The Kier molecular flexibility index (Phi) is 8.16. The fraction of sp³-hybridized carbons (Fsp3) is 0.722. The van der Waals surface area contributed by atoms with Crippen LogP contribution < -0.4 is 10.6 Å². The molecule has 25 heavy (non-hydrogen) atoms. The molecule has 1 aromatic heterocycles. The van der Waals surface area contributed by atoms with Gasteiger partial charge in [-0.15, -0.1) is 23.7 Å². The van der Waals surface area contributed by atoms with Crippen LogP contribution in [0.4, 0.5) is 0 Å². The Labute approximate surface area is 160 Å². The molecule has 7 heteroatoms. The third-order valence-corrected chi connectivity index (χ3v) is 6.02. The summed E-state index contributed by atoms with van der Waals surface area (Å²) in [5.41, 5.74) is 0. The number of ether oxygens (including phenoxy) is 1. The average Bonchev–Trinajstić information content (AvgIpc) is 3.09. The first-order valence-corrected chi connectivity index (χ1v) is 9.91. The molecule has 5 nitrogen and oxygen atoms in total. The lowest BCUT2D eigenvalue weighted by Crippen LogP contribution is -2.48. The number of nitrogens with one attached hydrogen (secondary N) is 2. The number of hydrogen-bond donors (Lipinski definition) is 2. The van der Waals surface area contributed by atoms with E-state index in [1.54, 1.807) is 11.3 Å². The Morgan fingerprint density at radius 2 is 2.36 bits per heavy atom. The molecular weight excluding hydrogens is 358 g/mol. The van der Waals surface area contributed by atoms with Gasteiger partial charge in [-0.1, -0.05) is 6.07 Å². The van der Waals surface area contributed by atoms with Crippen LogP contribution in [-0.4, -0.2) is 55.7 Å². The van der Waals surface area contributed by atoms with Gasteiger partial charge < -0.3 is 15.4 Å². The van der Waals surface area contributed by atoms with Gasteiger partial charge in [-0.25, -0.2) is 0 Å². The van der Waals surface area contributed by atoms with Crippen LogP contribution >= 0.6 is 23.7 Å². The first-order valence-electron chi connectivity index (χ1n) is 9.03. The highest BCUT2D eigenvalue weighted by Crippen LogP contribution is 2.27. The van der Waals surface area contributed by atoms with Gasteiger partial charge in [-0.2, -0.15) is 0 Å². The molecule has 142 valence electrons. The van der Waals surface area contributed by atoms with Crippen LogP contribution in [0.25, 0.3) is 0 Å². The van der Waals surface area contributed by atoms with Gasteiger partial charge in [0.25, 0.3) is 0 Å². The molecule has 2 N–H and O–H groups in total. The maximum atomic E-state index is 12.6. The fourth-order valence-electron chi connectivity index (χ4n) is 3.73. The molecule has 0 bridgehead atoms. The molecule has 2 aliphatic heterocycles. The summed E-state index contributed by atoms with van der Waals surface area (Å²) in [6.07, 6.45) is 2.13. The minimum Gasteiger partial charge on any atom is -0.376 e. The lowest BCUT2D eigenvalue weighted by molar-refractivity contribution is -0.126. The summed E-state index contributed by atoms with van der Waals surface area (Å²) in [5, 5.41) is 8.75. The van der Waals surface area contributed by atoms with E-state index in [1.807, 2.05) is 0 Å². The number of nitrogens with zero attached hydrogens (tertiary/aromatic N) is 1. The van der Waals surface area contributed by atoms with Crippen LogP contribution in [0.3, 0.4) is 0 Å². The maximum Gasteiger partial charge on any atom is 0.223 e. The van der Waals surface area contributed by atoms with Gasteiger partial charge in [0.05, 0.1) is 18.8 Å². The van der Waals surface area contributed by atoms with Gasteiger partial charge >= 0.3 is 0 Å². The van der Waals surface area contributed by atoms with Crippen LogP contribution in [0.5, 0.6) is 0 Å². The van der Waals surface area contributed by atoms with Crippen LogP contribution in [0.1, 0.15) is 37.6 Å². The highest BCUT2D eigenvalue weighted by Gasteiger charge is 2.29. The van der Waals surface area contributed by atoms with Crippen molar-refractivity contribution in [2.75, 3.05) is 32.8 Å². The Hall–Kier alpha value is -0.660. The highest BCUT2D eigenvalue weighted by molar-refractivity contribution is 7.10. The predicted molar refractivity (Wildman–Crippen MR) is 104 cm³/mol. The molecule has 0 radical (unpaired) electrons. The average molecular weight is 388 g/mol. The number of hydrogen-bond acceptors (Lipinski definition) is 5. The van der Waals surface area contributed by atoms with E-state index in [9.17, 15) is 4.79 Å². The Morgan fingerprint density at radius 3 is 3.04 bits per heavy atom. The molecular formula is C18H30ClN3O2S. The van der Waals surface area contributed by atoms with Crippen molar-refractivity contribution in [2.45, 2.75) is 44.9 Å². The molecule has 3 heterocycles. The smallest absolute Gasteiger partial charge is 0.223 e. The number of thiophene rings is 1. The number of carbonyl (C=O) groups excluding carboxylic acids is 1. The molecule has 0 spiro atoms. The quantitative estimate of drug-likeness (QED) is 0.814. The van der Waals surface area contributed by atoms with E-state index in [1.165, 1.54) is 4.88 Å². The van der Waals surface area contributed by atoms with Crippen molar-refractivity contribution in [3.8, 4) is 0 Å². The molecule has 0 aromatic carbocycles. The summed E-state index contributed by atoms with van der Waals surface area (Å²) in [7, 11) is 0. The standard InChI is InChI=1S/C18H29N3O2S.ClH/c1-13-10-15(5-6-19-13)18(22)20-11-16(17-4-3-9-24-17)21-7-8-23-14(2)12-21;/h3-4,9,13-16,19H,5-8,10-12H2,1-2H3,(H,20,22);1H/t13-,14?,15-,16?;/m0./s1. The number of rotatable bonds is 5. The monoisotopic (exact) mass is 387 g/mol. The van der Waals surface area contributed by atoms with Crippen LogP contribution in [0.15, 0.2) is 17.5 Å². The van der Waals surface area contributed by atoms with E-state index in [0.29, 0.717) is 12.6 Å². The maximum absolute atomic E-state index is 12.6. The van der Waals surface area contributed by atoms with Gasteiger partial charge in [0.2, 0.25) is 5.91 Å². The molecule has 2 saturated heterocycles. The zero-order valence-corrected chi connectivity index (χ0v) is 16.7. The Morgan fingerprint density at radius 1 is 1.52 bits per heavy atom. The second-order valence-electron chi connectivity index (χ2n) is 7.03. The van der Waals surface area contributed by atoms with E-state index in [-0.39, 0.29) is 36.4 Å². The van der Waals surface area contributed by atoms with Crippen LogP contribution in [0, 0.1) is 5.92 Å². The summed E-state index contributed by atoms with van der Waals surface area (Å²) >= 11 is 1.77. The van der Waals surface area contributed by atoms with Crippen LogP contribution in [-0.2, 0) is 9.53 Å². The first-order chi connectivity index (χ1) is 11.6. The molecule has 0 saturated carbocycles. The molecule has 3 rings (SSSR count). The van der Waals surface area contributed by atoms with E-state index in [0.717, 1.165) is 39.1 Å². The van der Waals surface area contributed by atoms with Gasteiger partial charge in [-0.05, 0) is 44.7 Å². The normalized spacial score (nSPS) is 28.8. The number of carbonyl (C=O) groups is 1. The van der Waals surface area contributed by atoms with Crippen LogP contribution in [0.2, 0.25) is 0 Å². The van der Waals surface area contributed by atoms with E-state index < -0.39 is 0 Å². The molecule has 2 unspecified atom stereocenters. The molecule has 2 fully saturated rings. The third kappa shape index (κ3) is 5.66. The van der Waals surface area contributed by atoms with Gasteiger partial charge in [-0.3, -0.25) is 9.69 Å². The van der Waals surface area contributed by atoms with E-state index in [2.05, 4.69) is 46.9 Å². The topological polar surface area (TPSA) is 53.6 Å². The number of piperidine rings is 1. The Balaban J connectivity index is 0.00000225. The van der Waals surface area contributed by atoms with Crippen molar-refractivity contribution < 1.29 is 9.53 Å². The zero-order valence-electron chi connectivity index (χ0n) is 15.1. The molecule has 2 aliphatic rings. The first kappa shape index (κ1) is 20.6. The summed E-state index contributed by atoms with van der Waals surface area (Å²) < 4.78 is 5.68. The molecule has 4 atom stereocenters. The van der Waals surface area contributed by atoms with Gasteiger partial charge in [0.15, 0.2) is 0 Å². The predicted octanol–water partition coefficient (Wildman–Crippen LogP) is 2.44.